The van der Waals surface area contributed by atoms with E-state index in [1.54, 1.807) is 4.90 Å². The van der Waals surface area contributed by atoms with Gasteiger partial charge in [-0.25, -0.2) is 4.79 Å². The van der Waals surface area contributed by atoms with Crippen molar-refractivity contribution >= 4 is 23.8 Å². The van der Waals surface area contributed by atoms with E-state index in [2.05, 4.69) is 11.6 Å². The molecule has 5 nitrogen and oxygen atoms in total. The number of nitrogens with zero attached hydrogens (tertiary/aromatic N) is 1. The molecule has 6 heteroatoms. The van der Waals surface area contributed by atoms with Crippen LogP contribution in [0, 0.1) is 11.3 Å². The van der Waals surface area contributed by atoms with Crippen LogP contribution in [0.5, 0.6) is 0 Å². The molecule has 1 heterocycles. The summed E-state index contributed by atoms with van der Waals surface area (Å²) >= 11 is 1.81. The molecule has 21 heavy (non-hydrogen) atoms. The van der Waals surface area contributed by atoms with Crippen molar-refractivity contribution in [1.82, 2.24) is 10.2 Å². The minimum Gasteiger partial charge on any atom is -0.481 e. The number of hydrogen-bond acceptors (Lipinski definition) is 3. The van der Waals surface area contributed by atoms with Crippen LogP contribution in [0.3, 0.4) is 0 Å². The van der Waals surface area contributed by atoms with Gasteiger partial charge in [-0.2, -0.15) is 11.8 Å². The van der Waals surface area contributed by atoms with Crippen molar-refractivity contribution in [1.29, 1.82) is 0 Å². The van der Waals surface area contributed by atoms with E-state index in [-0.39, 0.29) is 18.0 Å². The number of carboxylic acids is 1. The Balaban J connectivity index is 1.97. The maximum Gasteiger partial charge on any atom is 0.317 e. The first-order chi connectivity index (χ1) is 9.90. The third-order valence-electron chi connectivity index (χ3n) is 5.18. The number of thioether (sulfide) groups is 1. The molecule has 1 aliphatic carbocycles. The van der Waals surface area contributed by atoms with Crippen LogP contribution >= 0.6 is 11.8 Å². The maximum atomic E-state index is 12.4. The van der Waals surface area contributed by atoms with Gasteiger partial charge in [-0.15, -0.1) is 0 Å². The molecule has 2 fully saturated rings. The fourth-order valence-corrected chi connectivity index (χ4v) is 4.46. The van der Waals surface area contributed by atoms with Crippen LogP contribution in [0.15, 0.2) is 0 Å². The highest BCUT2D eigenvalue weighted by Gasteiger charge is 2.48. The number of carbonyl (C=O) groups excluding carboxylic acids is 1. The van der Waals surface area contributed by atoms with Gasteiger partial charge in [0.25, 0.3) is 0 Å². The first kappa shape index (κ1) is 16.5. The minimum absolute atomic E-state index is 0.0261. The number of rotatable bonds is 4. The number of nitrogens with one attached hydrogen (secondary N) is 1. The smallest absolute Gasteiger partial charge is 0.317 e. The standard InChI is InChI=1S/C15H26N2O3S/c1-10(2)15(13(18)19)7-8-17(9-15)14(20)16-11-5-4-6-12(11)21-3/h10-12H,4-9H2,1-3H3,(H,16,20)(H,18,19). The van der Waals surface area contributed by atoms with Gasteiger partial charge in [0.1, 0.15) is 0 Å². The van der Waals surface area contributed by atoms with Gasteiger partial charge in [0.15, 0.2) is 0 Å². The van der Waals surface area contributed by atoms with E-state index < -0.39 is 11.4 Å². The second-order valence-electron chi connectivity index (χ2n) is 6.55. The molecule has 0 spiro atoms. The first-order valence-corrected chi connectivity index (χ1v) is 9.01. The molecule has 120 valence electrons. The van der Waals surface area contributed by atoms with Crippen molar-refractivity contribution < 1.29 is 14.7 Å². The van der Waals surface area contributed by atoms with E-state index in [9.17, 15) is 14.7 Å². The molecule has 2 amide bonds. The summed E-state index contributed by atoms with van der Waals surface area (Å²) < 4.78 is 0. The fourth-order valence-electron chi connectivity index (χ4n) is 3.52. The highest BCUT2D eigenvalue weighted by Crippen LogP contribution is 2.38. The zero-order valence-electron chi connectivity index (χ0n) is 13.1. The molecule has 0 radical (unpaired) electrons. The van der Waals surface area contributed by atoms with Crippen molar-refractivity contribution in [3.63, 3.8) is 0 Å². The lowest BCUT2D eigenvalue weighted by Crippen LogP contribution is -2.48. The number of amides is 2. The van der Waals surface area contributed by atoms with E-state index in [1.807, 2.05) is 25.6 Å². The van der Waals surface area contributed by atoms with Crippen molar-refractivity contribution in [3.8, 4) is 0 Å². The predicted molar refractivity (Wildman–Crippen MR) is 84.6 cm³/mol. The molecule has 1 saturated carbocycles. The van der Waals surface area contributed by atoms with Crippen LogP contribution in [0.25, 0.3) is 0 Å². The van der Waals surface area contributed by atoms with E-state index in [4.69, 9.17) is 0 Å². The van der Waals surface area contributed by atoms with E-state index >= 15 is 0 Å². The quantitative estimate of drug-likeness (QED) is 0.836. The van der Waals surface area contributed by atoms with Gasteiger partial charge >= 0.3 is 12.0 Å². The third kappa shape index (κ3) is 3.15. The lowest BCUT2D eigenvalue weighted by molar-refractivity contribution is -0.150. The van der Waals surface area contributed by atoms with Gasteiger partial charge in [0.05, 0.1) is 5.41 Å². The Bertz CT molecular complexity index is 416. The van der Waals surface area contributed by atoms with Crippen LogP contribution in [-0.2, 0) is 4.79 Å². The molecular weight excluding hydrogens is 288 g/mol. The SMILES string of the molecule is CSC1CCCC1NC(=O)N1CCC(C(=O)O)(C(C)C)C1. The summed E-state index contributed by atoms with van der Waals surface area (Å²) in [6.45, 7) is 4.71. The lowest BCUT2D eigenvalue weighted by Gasteiger charge is -2.29. The average molecular weight is 314 g/mol. The van der Waals surface area contributed by atoms with Crippen molar-refractivity contribution in [2.75, 3.05) is 19.3 Å². The highest BCUT2D eigenvalue weighted by atomic mass is 32.2. The number of aliphatic carboxylic acids is 1. The topological polar surface area (TPSA) is 69.6 Å². The van der Waals surface area contributed by atoms with Gasteiger partial charge in [-0.1, -0.05) is 20.3 Å². The molecule has 1 aliphatic heterocycles. The Labute approximate surface area is 130 Å². The molecule has 2 rings (SSSR count). The van der Waals surface area contributed by atoms with Crippen molar-refractivity contribution in [3.05, 3.63) is 0 Å². The van der Waals surface area contributed by atoms with Gasteiger partial charge in [-0.3, -0.25) is 4.79 Å². The average Bonchev–Trinajstić information content (AvgIpc) is 3.05. The number of carboxylic acid groups (broad SMARTS) is 1. The minimum atomic E-state index is -0.786. The van der Waals surface area contributed by atoms with Crippen LogP contribution in [0.1, 0.15) is 39.5 Å². The number of likely N-dealkylation sites (tertiary alicyclic amines) is 1. The molecule has 1 saturated heterocycles. The molecule has 0 aromatic heterocycles. The molecule has 0 bridgehead atoms. The number of carbonyl (C=O) groups is 2. The molecule has 3 atom stereocenters. The predicted octanol–water partition coefficient (Wildman–Crippen LogP) is 2.41. The summed E-state index contributed by atoms with van der Waals surface area (Å²) in [5.41, 5.74) is -0.786. The summed E-state index contributed by atoms with van der Waals surface area (Å²) in [5, 5.41) is 13.1. The first-order valence-electron chi connectivity index (χ1n) is 7.72. The normalized spacial score (nSPS) is 32.7. The molecule has 0 aromatic carbocycles. The Hall–Kier alpha value is -0.910. The van der Waals surface area contributed by atoms with Crippen LogP contribution in [-0.4, -0.2) is 52.6 Å². The lowest BCUT2D eigenvalue weighted by atomic mass is 9.76. The Kier molecular flexibility index (Phi) is 5.07. The van der Waals surface area contributed by atoms with E-state index in [1.165, 1.54) is 0 Å². The van der Waals surface area contributed by atoms with Gasteiger partial charge in [0.2, 0.25) is 0 Å². The molecular formula is C15H26N2O3S. The summed E-state index contributed by atoms with van der Waals surface area (Å²) in [6.07, 6.45) is 5.96. The third-order valence-corrected chi connectivity index (χ3v) is 6.35. The van der Waals surface area contributed by atoms with Crippen LogP contribution in [0.2, 0.25) is 0 Å². The van der Waals surface area contributed by atoms with E-state index in [0.717, 1.165) is 19.3 Å². The van der Waals surface area contributed by atoms with Gasteiger partial charge < -0.3 is 15.3 Å². The van der Waals surface area contributed by atoms with Crippen molar-refractivity contribution in [2.24, 2.45) is 11.3 Å². The molecule has 2 N–H and O–H groups in total. The summed E-state index contributed by atoms with van der Waals surface area (Å²) in [6, 6.07) is 0.135. The maximum absolute atomic E-state index is 12.4. The summed E-state index contributed by atoms with van der Waals surface area (Å²) in [4.78, 5) is 25.7. The van der Waals surface area contributed by atoms with Crippen molar-refractivity contribution in [2.45, 2.75) is 50.8 Å². The monoisotopic (exact) mass is 314 g/mol. The van der Waals surface area contributed by atoms with Crippen LogP contribution < -0.4 is 5.32 Å². The second-order valence-corrected chi connectivity index (χ2v) is 7.63. The number of urea groups is 1. The van der Waals surface area contributed by atoms with E-state index in [0.29, 0.717) is 24.8 Å². The summed E-state index contributed by atoms with van der Waals surface area (Å²) in [5.74, 6) is -0.756. The Morgan fingerprint density at radius 1 is 1.38 bits per heavy atom. The zero-order chi connectivity index (χ0) is 15.6. The Morgan fingerprint density at radius 2 is 2.10 bits per heavy atom. The highest BCUT2D eigenvalue weighted by molar-refractivity contribution is 7.99. The van der Waals surface area contributed by atoms with Gasteiger partial charge in [0, 0.05) is 24.4 Å². The largest absolute Gasteiger partial charge is 0.481 e. The van der Waals surface area contributed by atoms with Crippen LogP contribution in [0.4, 0.5) is 4.79 Å². The Morgan fingerprint density at radius 3 is 2.62 bits per heavy atom. The summed E-state index contributed by atoms with van der Waals surface area (Å²) in [7, 11) is 0. The van der Waals surface area contributed by atoms with Gasteiger partial charge in [-0.05, 0) is 31.4 Å². The molecule has 3 unspecified atom stereocenters. The molecule has 2 aliphatic rings. The number of hydrogen-bond donors (Lipinski definition) is 2. The second kappa shape index (κ2) is 6.46. The zero-order valence-corrected chi connectivity index (χ0v) is 13.9. The fraction of sp³-hybridized carbons (Fsp3) is 0.867. The molecule has 0 aromatic rings.